The van der Waals surface area contributed by atoms with Crippen LogP contribution in [0.5, 0.6) is 0 Å². The molecule has 0 aromatic heterocycles. The third kappa shape index (κ3) is 2.37. The highest BCUT2D eigenvalue weighted by Crippen LogP contribution is 2.32. The first-order chi connectivity index (χ1) is 6.08. The summed E-state index contributed by atoms with van der Waals surface area (Å²) < 4.78 is 26.3. The van der Waals surface area contributed by atoms with Gasteiger partial charge in [0.1, 0.15) is 6.61 Å². The number of rotatable bonds is 3. The van der Waals surface area contributed by atoms with Gasteiger partial charge in [-0.3, -0.25) is 4.84 Å². The molecule has 0 bridgehead atoms. The van der Waals surface area contributed by atoms with E-state index in [2.05, 4.69) is 10.7 Å². The molecule has 1 aromatic carbocycles. The third-order valence-corrected chi connectivity index (χ3v) is 1.86. The van der Waals surface area contributed by atoms with E-state index in [4.69, 9.17) is 11.6 Å². The molecule has 0 radical (unpaired) electrons. The topological polar surface area (TPSA) is 35.2 Å². The highest BCUT2D eigenvalue weighted by Gasteiger charge is 2.33. The maximum Gasteiger partial charge on any atom is 0.299 e. The summed E-state index contributed by atoms with van der Waals surface area (Å²) in [5.74, 6) is 1.43. The van der Waals surface area contributed by atoms with Gasteiger partial charge >= 0.3 is 0 Å². The molecule has 0 saturated heterocycles. The molecule has 72 valence electrons. The monoisotopic (exact) mass is 207 g/mol. The van der Waals surface area contributed by atoms with Crippen LogP contribution in [0.25, 0.3) is 0 Å². The highest BCUT2D eigenvalue weighted by atomic mass is 35.5. The highest BCUT2D eigenvalue weighted by molar-refractivity contribution is 6.31. The fourth-order valence-corrected chi connectivity index (χ4v) is 1.21. The summed E-state index contributed by atoms with van der Waals surface area (Å²) in [6.07, 6.45) is 0. The van der Waals surface area contributed by atoms with Crippen LogP contribution in [0.15, 0.2) is 24.3 Å². The van der Waals surface area contributed by atoms with Crippen LogP contribution in [0, 0.1) is 0 Å². The van der Waals surface area contributed by atoms with Crippen molar-refractivity contribution in [2.45, 2.75) is 5.92 Å². The van der Waals surface area contributed by atoms with Gasteiger partial charge in [-0.2, -0.15) is 8.78 Å². The second-order valence-corrected chi connectivity index (χ2v) is 2.90. The molecule has 0 aliphatic heterocycles. The predicted octanol–water partition coefficient (Wildman–Crippen LogP) is 2.32. The first-order valence-corrected chi connectivity index (χ1v) is 3.90. The maximum absolute atomic E-state index is 13.1. The molecule has 0 saturated carbocycles. The first kappa shape index (κ1) is 10.4. The SMILES string of the molecule is NOCC(F)(F)c1ccccc1Cl. The summed E-state index contributed by atoms with van der Waals surface area (Å²) in [6.45, 7) is -0.878. The van der Waals surface area contributed by atoms with Gasteiger partial charge < -0.3 is 0 Å². The number of hydrogen-bond donors (Lipinski definition) is 1. The minimum absolute atomic E-state index is 0.00421. The largest absolute Gasteiger partial charge is 0.299 e. The quantitative estimate of drug-likeness (QED) is 0.772. The average molecular weight is 208 g/mol. The van der Waals surface area contributed by atoms with E-state index < -0.39 is 12.5 Å². The standard InChI is InChI=1S/C8H8ClF2NO/c9-7-4-2-1-3-6(7)8(10,11)5-13-12/h1-4H,5,12H2. The Hall–Kier alpha value is -0.710. The molecule has 2 nitrogen and oxygen atoms in total. The summed E-state index contributed by atoms with van der Waals surface area (Å²) in [7, 11) is 0. The molecule has 1 rings (SSSR count). The predicted molar refractivity (Wildman–Crippen MR) is 45.5 cm³/mol. The summed E-state index contributed by atoms with van der Waals surface area (Å²) >= 11 is 5.57. The lowest BCUT2D eigenvalue weighted by atomic mass is 10.1. The molecule has 0 aliphatic carbocycles. The van der Waals surface area contributed by atoms with Crippen LogP contribution in [0.3, 0.4) is 0 Å². The van der Waals surface area contributed by atoms with Crippen molar-refractivity contribution in [3.63, 3.8) is 0 Å². The van der Waals surface area contributed by atoms with Crippen LogP contribution in [0.4, 0.5) is 8.78 Å². The number of halogens is 3. The maximum atomic E-state index is 13.1. The molecule has 0 spiro atoms. The van der Waals surface area contributed by atoms with E-state index in [9.17, 15) is 8.78 Å². The Morgan fingerprint density at radius 1 is 1.38 bits per heavy atom. The Morgan fingerprint density at radius 3 is 2.54 bits per heavy atom. The van der Waals surface area contributed by atoms with Crippen LogP contribution in [0.1, 0.15) is 5.56 Å². The Morgan fingerprint density at radius 2 is 2.00 bits per heavy atom. The van der Waals surface area contributed by atoms with E-state index in [1.807, 2.05) is 0 Å². The molecule has 0 fully saturated rings. The van der Waals surface area contributed by atoms with Gasteiger partial charge in [-0.15, -0.1) is 0 Å². The van der Waals surface area contributed by atoms with Gasteiger partial charge in [0.2, 0.25) is 0 Å². The summed E-state index contributed by atoms with van der Waals surface area (Å²) in [6, 6.07) is 5.68. The molecular formula is C8H8ClF2NO. The summed E-state index contributed by atoms with van der Waals surface area (Å²) in [5.41, 5.74) is -0.276. The van der Waals surface area contributed by atoms with Gasteiger partial charge in [-0.05, 0) is 6.07 Å². The van der Waals surface area contributed by atoms with Crippen LogP contribution < -0.4 is 5.90 Å². The minimum Gasteiger partial charge on any atom is -0.298 e. The molecule has 0 heterocycles. The van der Waals surface area contributed by atoms with Gasteiger partial charge in [0.15, 0.2) is 0 Å². The van der Waals surface area contributed by atoms with Crippen LogP contribution in [0.2, 0.25) is 5.02 Å². The Kier molecular flexibility index (Phi) is 3.19. The van der Waals surface area contributed by atoms with E-state index >= 15 is 0 Å². The minimum atomic E-state index is -3.15. The van der Waals surface area contributed by atoms with Crippen LogP contribution in [-0.2, 0) is 10.8 Å². The zero-order valence-corrected chi connectivity index (χ0v) is 7.39. The molecule has 5 heteroatoms. The zero-order valence-electron chi connectivity index (χ0n) is 6.64. The molecule has 0 aliphatic rings. The fourth-order valence-electron chi connectivity index (χ4n) is 0.940. The average Bonchev–Trinajstić information content (AvgIpc) is 2.04. The molecule has 2 N–H and O–H groups in total. The van der Waals surface area contributed by atoms with Crippen molar-refractivity contribution in [1.29, 1.82) is 0 Å². The smallest absolute Gasteiger partial charge is 0.298 e. The molecule has 0 atom stereocenters. The van der Waals surface area contributed by atoms with Crippen molar-refractivity contribution in [3.8, 4) is 0 Å². The molecule has 0 unspecified atom stereocenters. The lowest BCUT2D eigenvalue weighted by molar-refractivity contribution is -0.0836. The van der Waals surface area contributed by atoms with E-state index in [1.165, 1.54) is 18.2 Å². The fraction of sp³-hybridized carbons (Fsp3) is 0.250. The number of alkyl halides is 2. The van der Waals surface area contributed by atoms with E-state index in [1.54, 1.807) is 6.07 Å². The van der Waals surface area contributed by atoms with Crippen molar-refractivity contribution in [1.82, 2.24) is 0 Å². The lowest BCUT2D eigenvalue weighted by Crippen LogP contribution is -2.23. The van der Waals surface area contributed by atoms with E-state index in [0.717, 1.165) is 0 Å². The van der Waals surface area contributed by atoms with Crippen LogP contribution in [-0.4, -0.2) is 6.61 Å². The first-order valence-electron chi connectivity index (χ1n) is 3.52. The molecule has 1 aromatic rings. The molecular weight excluding hydrogens is 200 g/mol. The zero-order chi connectivity index (χ0) is 9.90. The molecule has 13 heavy (non-hydrogen) atoms. The number of benzene rings is 1. The summed E-state index contributed by atoms with van der Waals surface area (Å²) in [5, 5.41) is 0.00421. The third-order valence-electron chi connectivity index (χ3n) is 1.53. The summed E-state index contributed by atoms with van der Waals surface area (Å²) in [4.78, 5) is 3.91. The second kappa shape index (κ2) is 4.00. The van der Waals surface area contributed by atoms with Gasteiger partial charge in [-0.25, -0.2) is 5.90 Å². The van der Waals surface area contributed by atoms with Crippen molar-refractivity contribution >= 4 is 11.6 Å². The van der Waals surface area contributed by atoms with Crippen molar-refractivity contribution in [3.05, 3.63) is 34.9 Å². The van der Waals surface area contributed by atoms with Crippen molar-refractivity contribution in [2.75, 3.05) is 6.61 Å². The second-order valence-electron chi connectivity index (χ2n) is 2.50. The Bertz CT molecular complexity index is 293. The van der Waals surface area contributed by atoms with Gasteiger partial charge in [0.05, 0.1) is 0 Å². The van der Waals surface area contributed by atoms with E-state index in [0.29, 0.717) is 0 Å². The lowest BCUT2D eigenvalue weighted by Gasteiger charge is -2.15. The van der Waals surface area contributed by atoms with Crippen molar-refractivity contribution in [2.24, 2.45) is 5.90 Å². The van der Waals surface area contributed by atoms with Gasteiger partial charge in [0.25, 0.3) is 5.92 Å². The normalized spacial score (nSPS) is 11.7. The Labute approximate surface area is 79.2 Å². The van der Waals surface area contributed by atoms with Crippen LogP contribution >= 0.6 is 11.6 Å². The molecule has 0 amide bonds. The number of hydrogen-bond acceptors (Lipinski definition) is 2. The van der Waals surface area contributed by atoms with E-state index in [-0.39, 0.29) is 10.6 Å². The van der Waals surface area contributed by atoms with Gasteiger partial charge in [0, 0.05) is 10.6 Å². The van der Waals surface area contributed by atoms with Crippen molar-refractivity contribution < 1.29 is 13.6 Å². The Balaban J connectivity index is 2.99. The van der Waals surface area contributed by atoms with Gasteiger partial charge in [-0.1, -0.05) is 29.8 Å². The number of nitrogens with two attached hydrogens (primary N) is 1.